The number of likely N-dealkylation sites (N-methyl/N-ethyl adjacent to an activating group) is 2. The molecule has 0 aromatic heterocycles. The molecule has 8 nitrogen and oxygen atoms in total. The fourth-order valence-corrected chi connectivity index (χ4v) is 4.74. The summed E-state index contributed by atoms with van der Waals surface area (Å²) in [6, 6.07) is 7.96. The third-order valence-corrected chi connectivity index (χ3v) is 7.20. The number of nitrogens with one attached hydrogen (secondary N) is 2. The molecule has 3 unspecified atom stereocenters. The Hall–Kier alpha value is -2.71. The maximum Gasteiger partial charge on any atom is 0.246 e. The molecule has 1 fully saturated rings. The van der Waals surface area contributed by atoms with Crippen LogP contribution < -0.4 is 10.6 Å². The van der Waals surface area contributed by atoms with Gasteiger partial charge in [-0.05, 0) is 50.8 Å². The number of hydrogen-bond acceptors (Lipinski definition) is 5. The molecule has 1 aliphatic heterocycles. The number of carbonyl (C=O) groups excluding carboxylic acids is 3. The van der Waals surface area contributed by atoms with Gasteiger partial charge in [0, 0.05) is 19.2 Å². The van der Waals surface area contributed by atoms with Gasteiger partial charge in [0.2, 0.25) is 17.7 Å². The molecule has 1 heterocycles. The molecule has 206 valence electrons. The summed E-state index contributed by atoms with van der Waals surface area (Å²) in [6.07, 6.45) is 3.87. The van der Waals surface area contributed by atoms with Gasteiger partial charge in [0.15, 0.2) is 0 Å². The molecular weight excluding hydrogens is 468 g/mol. The van der Waals surface area contributed by atoms with Crippen LogP contribution >= 0.6 is 0 Å². The second kappa shape index (κ2) is 14.3. The Morgan fingerprint density at radius 3 is 2.32 bits per heavy atom. The van der Waals surface area contributed by atoms with Crippen LogP contribution in [-0.4, -0.2) is 77.9 Å². The first kappa shape index (κ1) is 30.5. The van der Waals surface area contributed by atoms with Crippen LogP contribution in [0, 0.1) is 11.8 Å². The van der Waals surface area contributed by atoms with Crippen molar-refractivity contribution in [1.29, 1.82) is 0 Å². The molecule has 4 atom stereocenters. The van der Waals surface area contributed by atoms with Crippen molar-refractivity contribution >= 4 is 17.7 Å². The van der Waals surface area contributed by atoms with Gasteiger partial charge in [-0.25, -0.2) is 0 Å². The predicted octanol–water partition coefficient (Wildman–Crippen LogP) is 2.89. The Morgan fingerprint density at radius 2 is 1.76 bits per heavy atom. The number of likely N-dealkylation sites (tertiary alicyclic amines) is 1. The van der Waals surface area contributed by atoms with Crippen molar-refractivity contribution in [3.05, 3.63) is 47.5 Å². The normalized spacial score (nSPS) is 19.3. The van der Waals surface area contributed by atoms with Crippen molar-refractivity contribution in [3.63, 3.8) is 0 Å². The number of piperidine rings is 1. The van der Waals surface area contributed by atoms with Gasteiger partial charge in [-0.15, -0.1) is 0 Å². The monoisotopic (exact) mass is 514 g/mol. The lowest BCUT2D eigenvalue weighted by Crippen LogP contribution is -2.57. The minimum Gasteiger partial charge on any atom is -0.387 e. The molecule has 0 spiro atoms. The second-order valence-corrected chi connectivity index (χ2v) is 10.9. The first-order chi connectivity index (χ1) is 17.4. The predicted molar refractivity (Wildman–Crippen MR) is 147 cm³/mol. The van der Waals surface area contributed by atoms with Crippen LogP contribution in [0.4, 0.5) is 0 Å². The first-order valence-electron chi connectivity index (χ1n) is 13.4. The number of aliphatic hydroxyl groups excluding tert-OH is 1. The smallest absolute Gasteiger partial charge is 0.246 e. The highest BCUT2D eigenvalue weighted by Gasteiger charge is 2.34. The molecule has 1 aliphatic rings. The van der Waals surface area contributed by atoms with Gasteiger partial charge in [-0.2, -0.15) is 0 Å². The summed E-state index contributed by atoms with van der Waals surface area (Å²) in [5.41, 5.74) is 1.20. The van der Waals surface area contributed by atoms with Gasteiger partial charge in [0.25, 0.3) is 0 Å². The Labute approximate surface area is 222 Å². The molecule has 37 heavy (non-hydrogen) atoms. The summed E-state index contributed by atoms with van der Waals surface area (Å²) in [7, 11) is 3.68. The van der Waals surface area contributed by atoms with Crippen molar-refractivity contribution in [2.45, 2.75) is 78.1 Å². The van der Waals surface area contributed by atoms with Gasteiger partial charge in [-0.1, -0.05) is 70.5 Å². The highest BCUT2D eigenvalue weighted by Crippen LogP contribution is 2.19. The zero-order valence-corrected chi connectivity index (χ0v) is 23.5. The molecule has 0 bridgehead atoms. The summed E-state index contributed by atoms with van der Waals surface area (Å²) >= 11 is 0. The SMILES string of the molecule is C/C(=C\C(C(C)C)N(C)C(=O)C(NC(=O)C1CCCCN1C)C(C)C)C(=O)NC[C@@H](O)c1ccccc1. The molecular formula is C29H46N4O4. The molecule has 1 saturated heterocycles. The summed E-state index contributed by atoms with van der Waals surface area (Å²) < 4.78 is 0. The van der Waals surface area contributed by atoms with Crippen LogP contribution in [0.2, 0.25) is 0 Å². The standard InChI is InChI=1S/C29H46N4O4/c1-19(2)24(17-21(5)27(35)30-18-25(34)22-13-9-8-10-14-22)33(7)29(37)26(20(3)4)31-28(36)23-15-11-12-16-32(23)6/h8-10,13-14,17,19-20,23-26,34H,11-12,15-16,18H2,1-7H3,(H,30,35)(H,31,36)/b21-17+/t23?,24?,25-,26?/m1/s1. The third-order valence-electron chi connectivity index (χ3n) is 7.20. The number of carbonyl (C=O) groups is 3. The molecule has 1 aromatic carbocycles. The second-order valence-electron chi connectivity index (χ2n) is 10.9. The number of benzene rings is 1. The van der Waals surface area contributed by atoms with Crippen LogP contribution in [0.3, 0.4) is 0 Å². The van der Waals surface area contributed by atoms with Gasteiger partial charge in [-0.3, -0.25) is 19.3 Å². The molecule has 3 amide bonds. The Morgan fingerprint density at radius 1 is 1.11 bits per heavy atom. The van der Waals surface area contributed by atoms with Gasteiger partial charge in [0.05, 0.1) is 18.2 Å². The Bertz CT molecular complexity index is 931. The van der Waals surface area contributed by atoms with Gasteiger partial charge < -0.3 is 20.6 Å². The number of hydrogen-bond donors (Lipinski definition) is 3. The summed E-state index contributed by atoms with van der Waals surface area (Å²) in [5.74, 6) is -0.625. The third kappa shape index (κ3) is 8.68. The van der Waals surface area contributed by atoms with Crippen LogP contribution in [0.15, 0.2) is 42.0 Å². The van der Waals surface area contributed by atoms with E-state index in [0.29, 0.717) is 5.57 Å². The fraction of sp³-hybridized carbons (Fsp3) is 0.621. The number of aliphatic hydroxyl groups is 1. The van der Waals surface area contributed by atoms with Crippen molar-refractivity contribution in [2.75, 3.05) is 27.2 Å². The lowest BCUT2D eigenvalue weighted by atomic mass is 9.96. The van der Waals surface area contributed by atoms with E-state index in [0.717, 1.165) is 31.4 Å². The lowest BCUT2D eigenvalue weighted by molar-refractivity contribution is -0.139. The molecule has 0 radical (unpaired) electrons. The lowest BCUT2D eigenvalue weighted by Gasteiger charge is -2.36. The van der Waals surface area contributed by atoms with E-state index in [-0.39, 0.29) is 48.2 Å². The highest BCUT2D eigenvalue weighted by atomic mass is 16.3. The van der Waals surface area contributed by atoms with Crippen molar-refractivity contribution in [1.82, 2.24) is 20.4 Å². The van der Waals surface area contributed by atoms with E-state index >= 15 is 0 Å². The minimum absolute atomic E-state index is 0.0413. The molecule has 2 rings (SSSR count). The zero-order valence-electron chi connectivity index (χ0n) is 23.5. The van der Waals surface area contributed by atoms with E-state index in [1.54, 1.807) is 24.9 Å². The largest absolute Gasteiger partial charge is 0.387 e. The molecule has 3 N–H and O–H groups in total. The van der Waals surface area contributed by atoms with E-state index in [2.05, 4.69) is 15.5 Å². The van der Waals surface area contributed by atoms with E-state index < -0.39 is 12.1 Å². The number of rotatable bonds is 11. The zero-order chi connectivity index (χ0) is 27.7. The number of nitrogens with zero attached hydrogens (tertiary/aromatic N) is 2. The van der Waals surface area contributed by atoms with Crippen molar-refractivity contribution in [3.8, 4) is 0 Å². The maximum atomic E-state index is 13.6. The summed E-state index contributed by atoms with van der Waals surface area (Å²) in [5, 5.41) is 16.1. The van der Waals surface area contributed by atoms with Crippen molar-refractivity contribution < 1.29 is 19.5 Å². The van der Waals surface area contributed by atoms with E-state index in [9.17, 15) is 19.5 Å². The van der Waals surface area contributed by atoms with Gasteiger partial charge >= 0.3 is 0 Å². The average molecular weight is 515 g/mol. The van der Waals surface area contributed by atoms with Crippen molar-refractivity contribution in [2.24, 2.45) is 11.8 Å². The Balaban J connectivity index is 2.08. The quantitative estimate of drug-likeness (QED) is 0.394. The van der Waals surface area contributed by atoms with E-state index in [1.165, 1.54) is 0 Å². The van der Waals surface area contributed by atoms with Crippen LogP contribution in [0.1, 0.15) is 65.5 Å². The van der Waals surface area contributed by atoms with E-state index in [1.807, 2.05) is 65.1 Å². The first-order valence-corrected chi connectivity index (χ1v) is 13.4. The van der Waals surface area contributed by atoms with Crippen LogP contribution in [0.5, 0.6) is 0 Å². The molecule has 0 aliphatic carbocycles. The molecule has 8 heteroatoms. The molecule has 0 saturated carbocycles. The summed E-state index contributed by atoms with van der Waals surface area (Å²) in [4.78, 5) is 43.1. The molecule has 1 aromatic rings. The maximum absolute atomic E-state index is 13.6. The summed E-state index contributed by atoms with van der Waals surface area (Å²) in [6.45, 7) is 10.5. The highest BCUT2D eigenvalue weighted by molar-refractivity contribution is 5.93. The fourth-order valence-electron chi connectivity index (χ4n) is 4.74. The average Bonchev–Trinajstić information content (AvgIpc) is 2.88. The van der Waals surface area contributed by atoms with E-state index in [4.69, 9.17) is 0 Å². The van der Waals surface area contributed by atoms with Gasteiger partial charge in [0.1, 0.15) is 6.04 Å². The number of amides is 3. The van der Waals surface area contributed by atoms with Crippen LogP contribution in [0.25, 0.3) is 0 Å². The van der Waals surface area contributed by atoms with Crippen LogP contribution in [-0.2, 0) is 14.4 Å². The Kier molecular flexibility index (Phi) is 11.8. The topological polar surface area (TPSA) is 102 Å². The minimum atomic E-state index is -0.804.